The molecule has 1 fully saturated rings. The Balaban J connectivity index is 1.68. The zero-order valence-electron chi connectivity index (χ0n) is 17.8. The molecule has 1 amide bonds. The van der Waals surface area contributed by atoms with Crippen LogP contribution in [0.3, 0.4) is 0 Å². The number of halogens is 2. The summed E-state index contributed by atoms with van der Waals surface area (Å²) in [6.07, 6.45) is 6.78. The number of phenolic OH excluding ortho intramolecular Hbond substituents is 1. The van der Waals surface area contributed by atoms with Crippen LogP contribution in [-0.2, 0) is 6.54 Å². The van der Waals surface area contributed by atoms with E-state index in [-0.39, 0.29) is 16.6 Å². The fourth-order valence-electron chi connectivity index (χ4n) is 4.14. The average Bonchev–Trinajstić information content (AvgIpc) is 3.30. The number of aromatic nitrogens is 2. The molecule has 1 aromatic heterocycles. The van der Waals surface area contributed by atoms with E-state index in [9.17, 15) is 14.3 Å². The zero-order chi connectivity index (χ0) is 22.7. The van der Waals surface area contributed by atoms with Crippen LogP contribution in [0.4, 0.5) is 4.39 Å². The molecule has 2 heterocycles. The summed E-state index contributed by atoms with van der Waals surface area (Å²) < 4.78 is 16.4. The molecule has 0 saturated carbocycles. The molecule has 1 aliphatic rings. The predicted molar refractivity (Wildman–Crippen MR) is 122 cm³/mol. The molecule has 0 spiro atoms. The van der Waals surface area contributed by atoms with E-state index < -0.39 is 23.5 Å². The lowest BCUT2D eigenvalue weighted by Crippen LogP contribution is -2.46. The molecule has 0 aliphatic carbocycles. The quantitative estimate of drug-likeness (QED) is 0.503. The van der Waals surface area contributed by atoms with Gasteiger partial charge in [-0.25, -0.2) is 4.39 Å². The van der Waals surface area contributed by atoms with Gasteiger partial charge in [-0.1, -0.05) is 36.2 Å². The molecule has 3 N–H and O–H groups in total. The third-order valence-corrected chi connectivity index (χ3v) is 6.19. The average molecular weight is 457 g/mol. The first kappa shape index (κ1) is 22.3. The topological polar surface area (TPSA) is 79.2 Å². The largest absolute Gasteiger partial charge is 0.505 e. The van der Waals surface area contributed by atoms with E-state index in [4.69, 9.17) is 11.6 Å². The van der Waals surface area contributed by atoms with E-state index in [2.05, 4.69) is 15.7 Å². The predicted octanol–water partition coefficient (Wildman–Crippen LogP) is 4.68. The first-order valence-electron chi connectivity index (χ1n) is 10.8. The van der Waals surface area contributed by atoms with E-state index in [0.29, 0.717) is 0 Å². The van der Waals surface area contributed by atoms with Crippen LogP contribution in [0.2, 0.25) is 5.02 Å². The van der Waals surface area contributed by atoms with E-state index >= 15 is 0 Å². The summed E-state index contributed by atoms with van der Waals surface area (Å²) in [5.74, 6) is -2.29. The number of phenols is 1. The van der Waals surface area contributed by atoms with Gasteiger partial charge in [0.1, 0.15) is 0 Å². The standard InChI is InChI=1S/C24H26ClFN4O2/c1-2-30-14-17(13-28-30)15-6-5-7-16(12-15)23(19-8-3-4-11-27-19)29-24(32)21-18(25)9-10-20(31)22(21)26/h5-7,9-10,12-14,19,23,27,31H,2-4,8,11H2,1H3,(H,29,32)/t19-,23?/m0/s1. The van der Waals surface area contributed by atoms with Gasteiger partial charge in [0.05, 0.1) is 22.8 Å². The highest BCUT2D eigenvalue weighted by Gasteiger charge is 2.29. The van der Waals surface area contributed by atoms with Crippen LogP contribution < -0.4 is 10.6 Å². The van der Waals surface area contributed by atoms with Gasteiger partial charge in [-0.15, -0.1) is 0 Å². The summed E-state index contributed by atoms with van der Waals surface area (Å²) >= 11 is 6.10. The molecule has 3 aromatic rings. The van der Waals surface area contributed by atoms with Crippen LogP contribution in [0.25, 0.3) is 11.1 Å². The van der Waals surface area contributed by atoms with Gasteiger partial charge in [-0.2, -0.15) is 5.10 Å². The van der Waals surface area contributed by atoms with Crippen molar-refractivity contribution in [1.82, 2.24) is 20.4 Å². The van der Waals surface area contributed by atoms with Crippen LogP contribution in [0.5, 0.6) is 5.75 Å². The Bertz CT molecular complexity index is 1110. The second kappa shape index (κ2) is 9.71. The normalized spacial score (nSPS) is 17.2. The van der Waals surface area contributed by atoms with Crippen molar-refractivity contribution in [3.8, 4) is 16.9 Å². The number of nitrogens with zero attached hydrogens (tertiary/aromatic N) is 2. The Hall–Kier alpha value is -2.90. The summed E-state index contributed by atoms with van der Waals surface area (Å²) in [4.78, 5) is 13.1. The number of nitrogens with one attached hydrogen (secondary N) is 2. The number of aryl methyl sites for hydroxylation is 1. The van der Waals surface area contributed by atoms with Crippen molar-refractivity contribution in [2.45, 2.75) is 44.8 Å². The highest BCUT2D eigenvalue weighted by molar-refractivity contribution is 6.34. The van der Waals surface area contributed by atoms with Crippen LogP contribution in [0.1, 0.15) is 48.1 Å². The molecule has 32 heavy (non-hydrogen) atoms. The summed E-state index contributed by atoms with van der Waals surface area (Å²) in [6.45, 7) is 3.65. The zero-order valence-corrected chi connectivity index (χ0v) is 18.6. The number of amides is 1. The van der Waals surface area contributed by atoms with Gasteiger partial charge in [0.2, 0.25) is 0 Å². The minimum absolute atomic E-state index is 0.0135. The van der Waals surface area contributed by atoms with Crippen molar-refractivity contribution < 1.29 is 14.3 Å². The number of aromatic hydroxyl groups is 1. The third-order valence-electron chi connectivity index (χ3n) is 5.87. The number of rotatable bonds is 6. The molecular formula is C24H26ClFN4O2. The van der Waals surface area contributed by atoms with Crippen LogP contribution in [-0.4, -0.2) is 33.4 Å². The third kappa shape index (κ3) is 4.64. The summed E-state index contributed by atoms with van der Waals surface area (Å²) in [5.41, 5.74) is 2.51. The van der Waals surface area contributed by atoms with Crippen LogP contribution in [0.15, 0.2) is 48.8 Å². The second-order valence-corrected chi connectivity index (χ2v) is 8.38. The first-order chi connectivity index (χ1) is 15.5. The minimum atomic E-state index is -1.02. The lowest BCUT2D eigenvalue weighted by Gasteiger charge is -2.32. The number of hydrogen-bond acceptors (Lipinski definition) is 4. The minimum Gasteiger partial charge on any atom is -0.505 e. The van der Waals surface area contributed by atoms with Gasteiger partial charge in [0.25, 0.3) is 5.91 Å². The van der Waals surface area contributed by atoms with E-state index in [1.165, 1.54) is 6.07 Å². The van der Waals surface area contributed by atoms with E-state index in [0.717, 1.165) is 55.1 Å². The Morgan fingerprint density at radius 1 is 1.34 bits per heavy atom. The lowest BCUT2D eigenvalue weighted by molar-refractivity contribution is 0.0918. The molecule has 0 bridgehead atoms. The van der Waals surface area contributed by atoms with Gasteiger partial charge in [0, 0.05) is 24.3 Å². The molecule has 6 nitrogen and oxygen atoms in total. The molecule has 8 heteroatoms. The fourth-order valence-corrected chi connectivity index (χ4v) is 4.37. The maximum Gasteiger partial charge on any atom is 0.256 e. The number of piperidine rings is 1. The highest BCUT2D eigenvalue weighted by atomic mass is 35.5. The lowest BCUT2D eigenvalue weighted by atomic mass is 9.91. The number of carbonyl (C=O) groups excluding carboxylic acids is 1. The van der Waals surface area contributed by atoms with Crippen molar-refractivity contribution >= 4 is 17.5 Å². The Morgan fingerprint density at radius 2 is 2.19 bits per heavy atom. The maximum atomic E-state index is 14.5. The molecule has 2 atom stereocenters. The molecule has 2 aromatic carbocycles. The molecule has 1 unspecified atom stereocenters. The van der Waals surface area contributed by atoms with Gasteiger partial charge in [0.15, 0.2) is 11.6 Å². The molecule has 168 valence electrons. The first-order valence-corrected chi connectivity index (χ1v) is 11.2. The summed E-state index contributed by atoms with van der Waals surface area (Å²) in [7, 11) is 0. The SMILES string of the molecule is CCn1cc(-c2cccc(C(NC(=O)c3c(Cl)ccc(O)c3F)[C@@H]3CCCCN3)c2)cn1. The number of benzene rings is 2. The second-order valence-electron chi connectivity index (χ2n) is 7.97. The Morgan fingerprint density at radius 3 is 2.91 bits per heavy atom. The van der Waals surface area contributed by atoms with Gasteiger partial charge in [-0.3, -0.25) is 9.48 Å². The van der Waals surface area contributed by atoms with Gasteiger partial charge in [-0.05, 0) is 55.6 Å². The van der Waals surface area contributed by atoms with Crippen molar-refractivity contribution in [2.24, 2.45) is 0 Å². The van der Waals surface area contributed by atoms with Crippen molar-refractivity contribution in [2.75, 3.05) is 6.54 Å². The number of hydrogen-bond donors (Lipinski definition) is 3. The molecule has 1 saturated heterocycles. The highest BCUT2D eigenvalue weighted by Crippen LogP contribution is 2.30. The van der Waals surface area contributed by atoms with Crippen molar-refractivity contribution in [1.29, 1.82) is 0 Å². The summed E-state index contributed by atoms with van der Waals surface area (Å²) in [6, 6.07) is 9.96. The smallest absolute Gasteiger partial charge is 0.256 e. The molecule has 0 radical (unpaired) electrons. The molecule has 4 rings (SSSR count). The fraction of sp³-hybridized carbons (Fsp3) is 0.333. The van der Waals surface area contributed by atoms with Crippen molar-refractivity contribution in [3.63, 3.8) is 0 Å². The molecular weight excluding hydrogens is 431 g/mol. The van der Waals surface area contributed by atoms with E-state index in [1.54, 1.807) is 0 Å². The van der Waals surface area contributed by atoms with Crippen molar-refractivity contribution in [3.05, 3.63) is 70.8 Å². The monoisotopic (exact) mass is 456 g/mol. The van der Waals surface area contributed by atoms with Crippen LogP contribution >= 0.6 is 11.6 Å². The van der Waals surface area contributed by atoms with Crippen LogP contribution in [0, 0.1) is 5.82 Å². The maximum absolute atomic E-state index is 14.5. The van der Waals surface area contributed by atoms with Gasteiger partial charge >= 0.3 is 0 Å². The summed E-state index contributed by atoms with van der Waals surface area (Å²) in [5, 5.41) is 20.5. The molecule has 1 aliphatic heterocycles. The number of carbonyl (C=O) groups is 1. The Labute approximate surface area is 191 Å². The van der Waals surface area contributed by atoms with E-state index in [1.807, 2.05) is 48.3 Å². The Kier molecular flexibility index (Phi) is 6.77. The van der Waals surface area contributed by atoms with Gasteiger partial charge < -0.3 is 15.7 Å².